The third kappa shape index (κ3) is 6.94. The van der Waals surface area contributed by atoms with Crippen molar-refractivity contribution in [3.63, 3.8) is 0 Å². The summed E-state index contributed by atoms with van der Waals surface area (Å²) in [6, 6.07) is 0. The van der Waals surface area contributed by atoms with Gasteiger partial charge in [-0.3, -0.25) is 0 Å². The lowest BCUT2D eigenvalue weighted by Crippen LogP contribution is -2.26. The maximum Gasteiger partial charge on any atom is 0.152 e. The Labute approximate surface area is 78.5 Å². The first-order valence-electron chi connectivity index (χ1n) is 4.21. The number of nitrogens with two attached hydrogens (primary N) is 1. The molecule has 1 unspecified atom stereocenters. The van der Waals surface area contributed by atoms with Crippen LogP contribution in [0, 0.1) is 0 Å². The zero-order chi connectivity index (χ0) is 10.3. The zero-order valence-corrected chi connectivity index (χ0v) is 8.33. The second-order valence-corrected chi connectivity index (χ2v) is 5.18. The highest BCUT2D eigenvalue weighted by molar-refractivity contribution is 7.91. The van der Waals surface area contributed by atoms with Gasteiger partial charge in [-0.15, -0.1) is 0 Å². The van der Waals surface area contributed by atoms with E-state index < -0.39 is 22.5 Å². The van der Waals surface area contributed by atoms with E-state index in [0.717, 1.165) is 0 Å². The summed E-state index contributed by atoms with van der Waals surface area (Å²) in [6.07, 6.45) is 0.00805. The normalized spacial score (nSPS) is 14.4. The van der Waals surface area contributed by atoms with Crippen LogP contribution in [-0.2, 0) is 9.84 Å². The Morgan fingerprint density at radius 3 is 2.38 bits per heavy atom. The molecular formula is C7H17NO4S. The molecule has 0 aromatic heterocycles. The average molecular weight is 211 g/mol. The average Bonchev–Trinajstić information content (AvgIpc) is 2.03. The third-order valence-corrected chi connectivity index (χ3v) is 3.37. The summed E-state index contributed by atoms with van der Waals surface area (Å²) in [5, 5.41) is 17.3. The first-order chi connectivity index (χ1) is 6.02. The lowest BCUT2D eigenvalue weighted by molar-refractivity contribution is 0.112. The van der Waals surface area contributed by atoms with Crippen LogP contribution in [0.4, 0.5) is 0 Å². The van der Waals surface area contributed by atoms with Crippen LogP contribution in [0.1, 0.15) is 12.8 Å². The fraction of sp³-hybridized carbons (Fsp3) is 1.00. The van der Waals surface area contributed by atoms with Crippen LogP contribution in [0.5, 0.6) is 0 Å². The quantitative estimate of drug-likeness (QED) is 0.445. The molecule has 0 rings (SSSR count). The van der Waals surface area contributed by atoms with Crippen molar-refractivity contribution in [3.05, 3.63) is 0 Å². The number of hydrogen-bond donors (Lipinski definition) is 3. The molecule has 1 atom stereocenters. The monoisotopic (exact) mass is 211 g/mol. The molecule has 5 nitrogen and oxygen atoms in total. The maximum atomic E-state index is 11.2. The van der Waals surface area contributed by atoms with Crippen LogP contribution in [0.2, 0.25) is 0 Å². The van der Waals surface area contributed by atoms with E-state index in [-0.39, 0.29) is 11.5 Å². The predicted octanol–water partition coefficient (Wildman–Crippen LogP) is -1.51. The Balaban J connectivity index is 3.81. The predicted molar refractivity (Wildman–Crippen MR) is 50.0 cm³/mol. The van der Waals surface area contributed by atoms with E-state index in [2.05, 4.69) is 0 Å². The standard InChI is InChI=1S/C7H17NO4S/c8-3-1-2-4-13(11,12)6-7(10)5-9/h7,9-10H,1-6,8H2. The topological polar surface area (TPSA) is 101 Å². The van der Waals surface area contributed by atoms with Gasteiger partial charge in [-0.25, -0.2) is 8.42 Å². The Hall–Kier alpha value is -0.170. The molecule has 13 heavy (non-hydrogen) atoms. The summed E-state index contributed by atoms with van der Waals surface area (Å²) in [7, 11) is -3.23. The van der Waals surface area contributed by atoms with Crippen LogP contribution < -0.4 is 5.73 Å². The van der Waals surface area contributed by atoms with Crippen LogP contribution in [-0.4, -0.2) is 49.4 Å². The zero-order valence-electron chi connectivity index (χ0n) is 7.52. The van der Waals surface area contributed by atoms with Gasteiger partial charge in [0.15, 0.2) is 9.84 Å². The second kappa shape index (κ2) is 6.31. The van der Waals surface area contributed by atoms with Gasteiger partial charge in [-0.2, -0.15) is 0 Å². The Bertz CT molecular complexity index is 215. The van der Waals surface area contributed by atoms with Crippen molar-refractivity contribution in [2.75, 3.05) is 24.7 Å². The van der Waals surface area contributed by atoms with Crippen molar-refractivity contribution in [3.8, 4) is 0 Å². The van der Waals surface area contributed by atoms with Crippen molar-refractivity contribution in [2.24, 2.45) is 5.73 Å². The molecule has 4 N–H and O–H groups in total. The summed E-state index contributed by atoms with van der Waals surface area (Å²) in [5.41, 5.74) is 5.20. The first kappa shape index (κ1) is 12.8. The van der Waals surface area contributed by atoms with Gasteiger partial charge in [0.25, 0.3) is 0 Å². The number of aliphatic hydroxyl groups excluding tert-OH is 2. The van der Waals surface area contributed by atoms with Crippen LogP contribution >= 0.6 is 0 Å². The number of aliphatic hydroxyl groups is 2. The number of rotatable bonds is 7. The van der Waals surface area contributed by atoms with Crippen molar-refractivity contribution in [1.82, 2.24) is 0 Å². The minimum absolute atomic E-state index is 0.0290. The van der Waals surface area contributed by atoms with E-state index in [1.165, 1.54) is 0 Å². The Kier molecular flexibility index (Phi) is 6.23. The van der Waals surface area contributed by atoms with E-state index in [9.17, 15) is 8.42 Å². The summed E-state index contributed by atoms with van der Waals surface area (Å²) in [6.45, 7) is -0.0474. The van der Waals surface area contributed by atoms with Gasteiger partial charge in [0.05, 0.1) is 24.2 Å². The maximum absolute atomic E-state index is 11.2. The van der Waals surface area contributed by atoms with Gasteiger partial charge in [-0.05, 0) is 19.4 Å². The Morgan fingerprint density at radius 1 is 1.31 bits per heavy atom. The van der Waals surface area contributed by atoms with Crippen LogP contribution in [0.15, 0.2) is 0 Å². The van der Waals surface area contributed by atoms with E-state index in [1.54, 1.807) is 0 Å². The molecule has 0 aliphatic rings. The Morgan fingerprint density at radius 2 is 1.92 bits per heavy atom. The smallest absolute Gasteiger partial charge is 0.152 e. The van der Waals surface area contributed by atoms with E-state index in [1.807, 2.05) is 0 Å². The number of sulfone groups is 1. The van der Waals surface area contributed by atoms with Gasteiger partial charge in [-0.1, -0.05) is 0 Å². The lowest BCUT2D eigenvalue weighted by Gasteiger charge is -2.07. The molecule has 80 valence electrons. The highest BCUT2D eigenvalue weighted by atomic mass is 32.2. The molecule has 0 saturated carbocycles. The van der Waals surface area contributed by atoms with Gasteiger partial charge in [0, 0.05) is 0 Å². The van der Waals surface area contributed by atoms with Gasteiger partial charge < -0.3 is 15.9 Å². The van der Waals surface area contributed by atoms with Gasteiger partial charge in [0.2, 0.25) is 0 Å². The molecule has 0 radical (unpaired) electrons. The van der Waals surface area contributed by atoms with E-state index >= 15 is 0 Å². The summed E-state index contributed by atoms with van der Waals surface area (Å²) in [5.74, 6) is -0.338. The molecule has 0 heterocycles. The summed E-state index contributed by atoms with van der Waals surface area (Å²) in [4.78, 5) is 0. The van der Waals surface area contributed by atoms with Crippen LogP contribution in [0.25, 0.3) is 0 Å². The molecule has 0 aromatic carbocycles. The highest BCUT2D eigenvalue weighted by Crippen LogP contribution is 1.99. The summed E-state index contributed by atoms with van der Waals surface area (Å²) >= 11 is 0. The molecule has 0 aliphatic heterocycles. The van der Waals surface area contributed by atoms with Gasteiger partial charge in [0.1, 0.15) is 0 Å². The second-order valence-electron chi connectivity index (χ2n) is 2.95. The molecule has 0 spiro atoms. The SMILES string of the molecule is NCCCCS(=O)(=O)CC(O)CO. The molecule has 0 aromatic rings. The minimum atomic E-state index is -3.23. The van der Waals surface area contributed by atoms with Crippen LogP contribution in [0.3, 0.4) is 0 Å². The molecule has 6 heteroatoms. The lowest BCUT2D eigenvalue weighted by atomic mass is 10.3. The highest BCUT2D eigenvalue weighted by Gasteiger charge is 2.15. The van der Waals surface area contributed by atoms with Gasteiger partial charge >= 0.3 is 0 Å². The van der Waals surface area contributed by atoms with E-state index in [4.69, 9.17) is 15.9 Å². The molecular weight excluding hydrogens is 194 g/mol. The first-order valence-corrected chi connectivity index (χ1v) is 6.03. The molecule has 0 bridgehead atoms. The number of hydrogen-bond acceptors (Lipinski definition) is 5. The number of unbranched alkanes of at least 4 members (excludes halogenated alkanes) is 1. The van der Waals surface area contributed by atoms with Crippen molar-refractivity contribution >= 4 is 9.84 Å². The molecule has 0 saturated heterocycles. The van der Waals surface area contributed by atoms with Crippen molar-refractivity contribution in [1.29, 1.82) is 0 Å². The fourth-order valence-electron chi connectivity index (χ4n) is 0.895. The fourth-order valence-corrected chi connectivity index (χ4v) is 2.40. The van der Waals surface area contributed by atoms with Crippen molar-refractivity contribution < 1.29 is 18.6 Å². The third-order valence-electron chi connectivity index (χ3n) is 1.57. The molecule has 0 aliphatic carbocycles. The molecule has 0 amide bonds. The largest absolute Gasteiger partial charge is 0.394 e. The van der Waals surface area contributed by atoms with E-state index in [0.29, 0.717) is 19.4 Å². The minimum Gasteiger partial charge on any atom is -0.394 e. The summed E-state index contributed by atoms with van der Waals surface area (Å²) < 4.78 is 22.3. The van der Waals surface area contributed by atoms with Crippen molar-refractivity contribution in [2.45, 2.75) is 18.9 Å². The molecule has 0 fully saturated rings.